The van der Waals surface area contributed by atoms with Crippen LogP contribution in [-0.4, -0.2) is 32.0 Å². The lowest BCUT2D eigenvalue weighted by Gasteiger charge is -2.05. The standard InChI is InChI=1S/C19H15N5O/c25-19-13-7-4-8-14-16(13)24(10-9-20-19)18(23-14)15-11-21-17(22-15)12-5-2-1-3-6-12/h1-8,11H,9-10H2,(H,20,25)(H,21,22). The number of nitrogens with one attached hydrogen (secondary N) is 2. The Hall–Kier alpha value is -3.41. The van der Waals surface area contributed by atoms with E-state index in [0.29, 0.717) is 18.7 Å². The fourth-order valence-electron chi connectivity index (χ4n) is 3.35. The maximum atomic E-state index is 12.3. The van der Waals surface area contributed by atoms with Crippen molar-refractivity contribution in [3.05, 3.63) is 60.3 Å². The van der Waals surface area contributed by atoms with Crippen molar-refractivity contribution < 1.29 is 4.79 Å². The number of carbonyl (C=O) groups is 1. The van der Waals surface area contributed by atoms with Gasteiger partial charge < -0.3 is 14.9 Å². The molecule has 6 nitrogen and oxygen atoms in total. The van der Waals surface area contributed by atoms with Gasteiger partial charge in [-0.2, -0.15) is 0 Å². The second-order valence-corrected chi connectivity index (χ2v) is 6.03. The van der Waals surface area contributed by atoms with E-state index in [4.69, 9.17) is 4.98 Å². The molecule has 25 heavy (non-hydrogen) atoms. The van der Waals surface area contributed by atoms with Gasteiger partial charge in [-0.1, -0.05) is 36.4 Å². The molecule has 0 radical (unpaired) electrons. The van der Waals surface area contributed by atoms with Gasteiger partial charge in [0, 0.05) is 18.7 Å². The van der Waals surface area contributed by atoms with Crippen molar-refractivity contribution in [2.75, 3.05) is 6.54 Å². The van der Waals surface area contributed by atoms with E-state index in [0.717, 1.165) is 33.9 Å². The largest absolute Gasteiger partial charge is 0.350 e. The first-order valence-corrected chi connectivity index (χ1v) is 8.19. The zero-order valence-corrected chi connectivity index (χ0v) is 13.4. The van der Waals surface area contributed by atoms with Crippen LogP contribution < -0.4 is 5.32 Å². The second kappa shape index (κ2) is 5.31. The summed E-state index contributed by atoms with van der Waals surface area (Å²) in [5, 5.41) is 2.93. The Morgan fingerprint density at radius 2 is 1.92 bits per heavy atom. The van der Waals surface area contributed by atoms with Gasteiger partial charge in [-0.25, -0.2) is 9.97 Å². The average molecular weight is 329 g/mol. The summed E-state index contributed by atoms with van der Waals surface area (Å²) in [6, 6.07) is 15.6. The molecule has 4 aromatic rings. The normalized spacial score (nSPS) is 13.7. The lowest BCUT2D eigenvalue weighted by molar-refractivity contribution is 0.0956. The highest BCUT2D eigenvalue weighted by Gasteiger charge is 2.22. The van der Waals surface area contributed by atoms with E-state index >= 15 is 0 Å². The molecular weight excluding hydrogens is 314 g/mol. The Morgan fingerprint density at radius 1 is 1.04 bits per heavy atom. The molecule has 0 saturated heterocycles. The highest BCUT2D eigenvalue weighted by atomic mass is 16.1. The van der Waals surface area contributed by atoms with Crippen molar-refractivity contribution in [3.63, 3.8) is 0 Å². The van der Waals surface area contributed by atoms with Crippen molar-refractivity contribution in [2.24, 2.45) is 0 Å². The van der Waals surface area contributed by atoms with E-state index in [2.05, 4.69) is 19.9 Å². The summed E-state index contributed by atoms with van der Waals surface area (Å²) in [6.07, 6.45) is 1.80. The Labute approximate surface area is 143 Å². The van der Waals surface area contributed by atoms with E-state index in [-0.39, 0.29) is 5.91 Å². The highest BCUT2D eigenvalue weighted by molar-refractivity contribution is 6.06. The Kier molecular flexibility index (Phi) is 2.97. The number of nitrogens with zero attached hydrogens (tertiary/aromatic N) is 3. The molecule has 5 rings (SSSR count). The summed E-state index contributed by atoms with van der Waals surface area (Å²) in [7, 11) is 0. The monoisotopic (exact) mass is 329 g/mol. The minimum Gasteiger partial charge on any atom is -0.350 e. The van der Waals surface area contributed by atoms with Crippen LogP contribution in [0.25, 0.3) is 33.9 Å². The molecular formula is C19H15N5O. The van der Waals surface area contributed by atoms with Crippen LogP contribution in [0.3, 0.4) is 0 Å². The molecule has 0 saturated carbocycles. The van der Waals surface area contributed by atoms with Gasteiger partial charge in [-0.3, -0.25) is 4.79 Å². The highest BCUT2D eigenvalue weighted by Crippen LogP contribution is 2.28. The lowest BCUT2D eigenvalue weighted by Crippen LogP contribution is -2.24. The van der Waals surface area contributed by atoms with Crippen molar-refractivity contribution >= 4 is 16.9 Å². The van der Waals surface area contributed by atoms with E-state index in [1.54, 1.807) is 6.20 Å². The molecule has 6 heteroatoms. The van der Waals surface area contributed by atoms with Gasteiger partial charge in [-0.05, 0) is 12.1 Å². The van der Waals surface area contributed by atoms with Crippen LogP contribution in [-0.2, 0) is 6.54 Å². The molecule has 122 valence electrons. The molecule has 3 heterocycles. The molecule has 1 aliphatic heterocycles. The van der Waals surface area contributed by atoms with Gasteiger partial charge in [0.05, 0.1) is 22.8 Å². The number of hydrogen-bond acceptors (Lipinski definition) is 3. The van der Waals surface area contributed by atoms with E-state index in [1.807, 2.05) is 48.5 Å². The lowest BCUT2D eigenvalue weighted by atomic mass is 10.2. The number of para-hydroxylation sites is 1. The van der Waals surface area contributed by atoms with Crippen molar-refractivity contribution in [2.45, 2.75) is 6.54 Å². The smallest absolute Gasteiger partial charge is 0.253 e. The quantitative estimate of drug-likeness (QED) is 0.594. The zero-order valence-electron chi connectivity index (χ0n) is 13.4. The maximum absolute atomic E-state index is 12.3. The van der Waals surface area contributed by atoms with Crippen LogP contribution >= 0.6 is 0 Å². The number of aromatic amines is 1. The number of benzene rings is 2. The Bertz CT molecular complexity index is 1090. The van der Waals surface area contributed by atoms with Crippen LogP contribution in [0.2, 0.25) is 0 Å². The van der Waals surface area contributed by atoms with Gasteiger partial charge in [0.15, 0.2) is 5.82 Å². The van der Waals surface area contributed by atoms with E-state index in [1.165, 1.54) is 0 Å². The van der Waals surface area contributed by atoms with Crippen LogP contribution in [0.15, 0.2) is 54.7 Å². The predicted molar refractivity (Wildman–Crippen MR) is 95.1 cm³/mol. The molecule has 1 aliphatic rings. The van der Waals surface area contributed by atoms with Gasteiger partial charge in [0.2, 0.25) is 0 Å². The van der Waals surface area contributed by atoms with Crippen LogP contribution in [0.1, 0.15) is 10.4 Å². The summed E-state index contributed by atoms with van der Waals surface area (Å²) in [4.78, 5) is 24.9. The third kappa shape index (κ3) is 2.15. The number of rotatable bonds is 2. The van der Waals surface area contributed by atoms with Crippen molar-refractivity contribution in [3.8, 4) is 22.9 Å². The first-order chi connectivity index (χ1) is 12.3. The molecule has 0 aliphatic carbocycles. The number of H-pyrrole nitrogens is 1. The minimum absolute atomic E-state index is 0.0506. The van der Waals surface area contributed by atoms with Gasteiger partial charge >= 0.3 is 0 Å². The third-order valence-electron chi connectivity index (χ3n) is 4.50. The molecule has 1 amide bonds. The number of carbonyl (C=O) groups excluding carboxylic acids is 1. The van der Waals surface area contributed by atoms with Gasteiger partial charge in [-0.15, -0.1) is 0 Å². The SMILES string of the molecule is O=C1NCCn2c(-c3cnc(-c4ccccc4)[nH]3)nc3cccc1c32. The molecule has 2 aromatic carbocycles. The zero-order chi connectivity index (χ0) is 16.8. The molecule has 2 aromatic heterocycles. The number of amides is 1. The summed E-state index contributed by atoms with van der Waals surface area (Å²) in [5.74, 6) is 1.55. The molecule has 0 atom stereocenters. The molecule has 0 spiro atoms. The minimum atomic E-state index is -0.0506. The van der Waals surface area contributed by atoms with Gasteiger partial charge in [0.25, 0.3) is 5.91 Å². The van der Waals surface area contributed by atoms with Crippen LogP contribution in [0.4, 0.5) is 0 Å². The number of hydrogen-bond donors (Lipinski definition) is 2. The Balaban J connectivity index is 1.69. The number of aromatic nitrogens is 4. The fraction of sp³-hybridized carbons (Fsp3) is 0.105. The van der Waals surface area contributed by atoms with Crippen molar-refractivity contribution in [1.82, 2.24) is 24.8 Å². The second-order valence-electron chi connectivity index (χ2n) is 6.03. The van der Waals surface area contributed by atoms with E-state index in [9.17, 15) is 4.79 Å². The average Bonchev–Trinajstić information content (AvgIpc) is 3.23. The van der Waals surface area contributed by atoms with Crippen molar-refractivity contribution in [1.29, 1.82) is 0 Å². The van der Waals surface area contributed by atoms with Crippen LogP contribution in [0.5, 0.6) is 0 Å². The summed E-state index contributed by atoms with van der Waals surface area (Å²) in [6.45, 7) is 1.25. The Morgan fingerprint density at radius 3 is 2.80 bits per heavy atom. The first kappa shape index (κ1) is 14.0. The summed E-state index contributed by atoms with van der Waals surface area (Å²) < 4.78 is 2.09. The number of imidazole rings is 2. The van der Waals surface area contributed by atoms with E-state index < -0.39 is 0 Å². The summed E-state index contributed by atoms with van der Waals surface area (Å²) >= 11 is 0. The third-order valence-corrected chi connectivity index (χ3v) is 4.50. The molecule has 0 bridgehead atoms. The van der Waals surface area contributed by atoms with Gasteiger partial charge in [0.1, 0.15) is 11.5 Å². The molecule has 2 N–H and O–H groups in total. The first-order valence-electron chi connectivity index (χ1n) is 8.19. The molecule has 0 fully saturated rings. The predicted octanol–water partition coefficient (Wildman–Crippen LogP) is 2.84. The van der Waals surface area contributed by atoms with Crippen LogP contribution in [0, 0.1) is 0 Å². The summed E-state index contributed by atoms with van der Waals surface area (Å²) in [5.41, 5.74) is 4.23. The topological polar surface area (TPSA) is 75.6 Å². The molecule has 0 unspecified atom stereocenters. The maximum Gasteiger partial charge on any atom is 0.253 e. The fourth-order valence-corrected chi connectivity index (χ4v) is 3.35.